The van der Waals surface area contributed by atoms with Crippen molar-refractivity contribution < 1.29 is 4.79 Å². The molecule has 1 fully saturated rings. The number of likely N-dealkylation sites (N-methyl/N-ethyl adjacent to an activating group) is 1. The first kappa shape index (κ1) is 16.7. The van der Waals surface area contributed by atoms with Crippen molar-refractivity contribution in [3.05, 3.63) is 53.3 Å². The van der Waals surface area contributed by atoms with Crippen molar-refractivity contribution in [3.8, 4) is 0 Å². The van der Waals surface area contributed by atoms with Crippen LogP contribution in [0.5, 0.6) is 0 Å². The van der Waals surface area contributed by atoms with Gasteiger partial charge in [0, 0.05) is 25.4 Å². The molecule has 0 unspecified atom stereocenters. The summed E-state index contributed by atoms with van der Waals surface area (Å²) >= 11 is 0. The molecule has 0 aliphatic carbocycles. The van der Waals surface area contributed by atoms with E-state index in [1.807, 2.05) is 25.4 Å². The van der Waals surface area contributed by atoms with Gasteiger partial charge < -0.3 is 10.2 Å². The third kappa shape index (κ3) is 4.45. The zero-order valence-electron chi connectivity index (χ0n) is 14.3. The molecule has 1 aliphatic rings. The van der Waals surface area contributed by atoms with E-state index in [4.69, 9.17) is 0 Å². The van der Waals surface area contributed by atoms with E-state index in [0.717, 1.165) is 43.0 Å². The Morgan fingerprint density at radius 3 is 2.88 bits per heavy atom. The van der Waals surface area contributed by atoms with Gasteiger partial charge in [0.15, 0.2) is 0 Å². The summed E-state index contributed by atoms with van der Waals surface area (Å²) in [5.74, 6) is 0.820. The quantitative estimate of drug-likeness (QED) is 0.856. The molecule has 24 heavy (non-hydrogen) atoms. The highest BCUT2D eigenvalue weighted by molar-refractivity contribution is 5.94. The largest absolute Gasteiger partial charge is 0.341 e. The molecule has 2 heterocycles. The average Bonchev–Trinajstić information content (AvgIpc) is 3.14. The summed E-state index contributed by atoms with van der Waals surface area (Å²) < 4.78 is 0. The van der Waals surface area contributed by atoms with Gasteiger partial charge in [-0.15, -0.1) is 0 Å². The number of hydrogen-bond acceptors (Lipinski definition) is 3. The number of hydrogen-bond donors (Lipinski definition) is 2. The number of carbonyl (C=O) groups is 1. The van der Waals surface area contributed by atoms with Crippen molar-refractivity contribution in [2.24, 2.45) is 5.92 Å². The Hall–Kier alpha value is -2.14. The molecule has 0 saturated carbocycles. The van der Waals surface area contributed by atoms with Gasteiger partial charge >= 0.3 is 0 Å². The zero-order chi connectivity index (χ0) is 16.8. The minimum absolute atomic E-state index is 0.0886. The lowest BCUT2D eigenvalue weighted by atomic mass is 9.90. The first-order valence-corrected chi connectivity index (χ1v) is 8.75. The van der Waals surface area contributed by atoms with Gasteiger partial charge in [-0.2, -0.15) is 5.10 Å². The van der Waals surface area contributed by atoms with Crippen molar-refractivity contribution in [1.29, 1.82) is 0 Å². The summed E-state index contributed by atoms with van der Waals surface area (Å²) in [6, 6.07) is 8.14. The summed E-state index contributed by atoms with van der Waals surface area (Å²) in [4.78, 5) is 14.4. The molecule has 5 nitrogen and oxygen atoms in total. The zero-order valence-corrected chi connectivity index (χ0v) is 14.3. The van der Waals surface area contributed by atoms with E-state index in [1.54, 1.807) is 11.1 Å². The van der Waals surface area contributed by atoms with E-state index in [-0.39, 0.29) is 5.91 Å². The van der Waals surface area contributed by atoms with E-state index < -0.39 is 0 Å². The second-order valence-electron chi connectivity index (χ2n) is 6.68. The molecule has 0 bridgehead atoms. The number of nitrogens with one attached hydrogen (secondary N) is 2. The number of amides is 1. The van der Waals surface area contributed by atoms with Gasteiger partial charge in [-0.3, -0.25) is 9.89 Å². The first-order valence-electron chi connectivity index (χ1n) is 8.75. The molecule has 0 radical (unpaired) electrons. The molecule has 1 amide bonds. The highest BCUT2D eigenvalue weighted by atomic mass is 16.2. The van der Waals surface area contributed by atoms with Crippen molar-refractivity contribution >= 4 is 5.91 Å². The molecule has 3 rings (SSSR count). The Balaban J connectivity index is 1.58. The van der Waals surface area contributed by atoms with Crippen LogP contribution in [0.2, 0.25) is 0 Å². The number of rotatable bonds is 6. The maximum absolute atomic E-state index is 12.6. The van der Waals surface area contributed by atoms with Crippen LogP contribution in [-0.2, 0) is 12.8 Å². The maximum atomic E-state index is 12.6. The number of aromatic nitrogens is 2. The van der Waals surface area contributed by atoms with Crippen LogP contribution >= 0.6 is 0 Å². The maximum Gasteiger partial charge on any atom is 0.253 e. The lowest BCUT2D eigenvalue weighted by Crippen LogP contribution is -2.29. The highest BCUT2D eigenvalue weighted by Crippen LogP contribution is 2.19. The van der Waals surface area contributed by atoms with Crippen LogP contribution in [0.15, 0.2) is 36.7 Å². The third-order valence-electron chi connectivity index (χ3n) is 4.79. The van der Waals surface area contributed by atoms with Gasteiger partial charge in [-0.25, -0.2) is 0 Å². The molecule has 1 saturated heterocycles. The third-order valence-corrected chi connectivity index (χ3v) is 4.79. The van der Waals surface area contributed by atoms with E-state index >= 15 is 0 Å². The molecular formula is C19H26N4O. The van der Waals surface area contributed by atoms with Crippen LogP contribution < -0.4 is 5.32 Å². The highest BCUT2D eigenvalue weighted by Gasteiger charge is 2.16. The molecule has 1 aliphatic heterocycles. The molecule has 2 aromatic rings. The van der Waals surface area contributed by atoms with Gasteiger partial charge in [0.2, 0.25) is 0 Å². The first-order chi connectivity index (χ1) is 11.7. The predicted octanol–water partition coefficient (Wildman–Crippen LogP) is 2.27. The number of nitrogens with zero attached hydrogens (tertiary/aromatic N) is 2. The van der Waals surface area contributed by atoms with E-state index in [0.29, 0.717) is 6.54 Å². The number of aromatic amines is 1. The number of carbonyl (C=O) groups excluding carboxylic acids is 1. The standard InChI is InChI=1S/C19H26N4O/c1-23(10-7-17-13-21-22-14-17)19(24)18-4-2-3-16(12-18)11-15-5-8-20-9-6-15/h2-4,12-15,20H,5-11H2,1H3,(H,21,22). The second-order valence-corrected chi connectivity index (χ2v) is 6.68. The minimum atomic E-state index is 0.0886. The van der Waals surface area contributed by atoms with Crippen molar-refractivity contribution in [3.63, 3.8) is 0 Å². The molecule has 1 aromatic heterocycles. The van der Waals surface area contributed by atoms with Gasteiger partial charge in [-0.1, -0.05) is 12.1 Å². The normalized spacial score (nSPS) is 15.4. The van der Waals surface area contributed by atoms with Crippen molar-refractivity contribution in [2.75, 3.05) is 26.7 Å². The summed E-state index contributed by atoms with van der Waals surface area (Å²) in [7, 11) is 1.86. The van der Waals surface area contributed by atoms with Gasteiger partial charge in [0.1, 0.15) is 0 Å². The number of piperidine rings is 1. The van der Waals surface area contributed by atoms with E-state index in [9.17, 15) is 4.79 Å². The predicted molar refractivity (Wildman–Crippen MR) is 95.0 cm³/mol. The number of H-pyrrole nitrogens is 1. The van der Waals surface area contributed by atoms with Gasteiger partial charge in [-0.05, 0) is 68.0 Å². The van der Waals surface area contributed by atoms with Crippen LogP contribution in [0.4, 0.5) is 0 Å². The Morgan fingerprint density at radius 2 is 2.12 bits per heavy atom. The topological polar surface area (TPSA) is 61.0 Å². The van der Waals surface area contributed by atoms with Crippen LogP contribution in [0, 0.1) is 5.92 Å². The summed E-state index contributed by atoms with van der Waals surface area (Å²) in [6.07, 6.45) is 8.01. The van der Waals surface area contributed by atoms with Crippen LogP contribution in [0.25, 0.3) is 0 Å². The average molecular weight is 326 g/mol. The van der Waals surface area contributed by atoms with Crippen molar-refractivity contribution in [2.45, 2.75) is 25.7 Å². The Bertz CT molecular complexity index is 647. The monoisotopic (exact) mass is 326 g/mol. The summed E-state index contributed by atoms with van der Waals surface area (Å²) in [6.45, 7) is 2.91. The molecular weight excluding hydrogens is 300 g/mol. The Kier molecular flexibility index (Phi) is 5.64. The van der Waals surface area contributed by atoms with Crippen LogP contribution in [-0.4, -0.2) is 47.7 Å². The SMILES string of the molecule is CN(CCc1cn[nH]c1)C(=O)c1cccc(CC2CCNCC2)c1. The summed E-state index contributed by atoms with van der Waals surface area (Å²) in [5, 5.41) is 10.1. The Labute approximate surface area is 143 Å². The molecule has 2 N–H and O–H groups in total. The summed E-state index contributed by atoms with van der Waals surface area (Å²) in [5.41, 5.74) is 3.18. The fourth-order valence-electron chi connectivity index (χ4n) is 3.28. The minimum Gasteiger partial charge on any atom is -0.341 e. The fraction of sp³-hybridized carbons (Fsp3) is 0.474. The van der Waals surface area contributed by atoms with Gasteiger partial charge in [0.05, 0.1) is 6.20 Å². The van der Waals surface area contributed by atoms with E-state index in [2.05, 4.69) is 27.6 Å². The molecule has 1 aromatic carbocycles. The van der Waals surface area contributed by atoms with Crippen LogP contribution in [0.3, 0.4) is 0 Å². The second kappa shape index (κ2) is 8.11. The molecule has 0 atom stereocenters. The number of benzene rings is 1. The van der Waals surface area contributed by atoms with Crippen molar-refractivity contribution in [1.82, 2.24) is 20.4 Å². The molecule has 5 heteroatoms. The molecule has 0 spiro atoms. The van der Waals surface area contributed by atoms with Crippen LogP contribution in [0.1, 0.15) is 34.3 Å². The molecule has 128 valence electrons. The van der Waals surface area contributed by atoms with E-state index in [1.165, 1.54) is 18.4 Å². The fourth-order valence-corrected chi connectivity index (χ4v) is 3.28. The lowest BCUT2D eigenvalue weighted by Gasteiger charge is -2.23. The van der Waals surface area contributed by atoms with Gasteiger partial charge in [0.25, 0.3) is 5.91 Å². The Morgan fingerprint density at radius 1 is 1.29 bits per heavy atom. The lowest BCUT2D eigenvalue weighted by molar-refractivity contribution is 0.0796. The smallest absolute Gasteiger partial charge is 0.253 e.